The van der Waals surface area contributed by atoms with Crippen molar-refractivity contribution in [3.63, 3.8) is 0 Å². The first kappa shape index (κ1) is 17.0. The van der Waals surface area contributed by atoms with E-state index in [4.69, 9.17) is 0 Å². The van der Waals surface area contributed by atoms with Gasteiger partial charge in [0.15, 0.2) is 5.69 Å². The third-order valence-electron chi connectivity index (χ3n) is 4.71. The van der Waals surface area contributed by atoms with E-state index < -0.39 is 0 Å². The molecule has 4 aromatic rings. The molecule has 6 nitrogen and oxygen atoms in total. The van der Waals surface area contributed by atoms with Gasteiger partial charge in [0, 0.05) is 19.7 Å². The molecule has 0 aliphatic rings. The fourth-order valence-corrected chi connectivity index (χ4v) is 3.27. The van der Waals surface area contributed by atoms with Gasteiger partial charge >= 0.3 is 0 Å². The molecule has 136 valence electrons. The lowest BCUT2D eigenvalue weighted by molar-refractivity contribution is 0.0948. The lowest BCUT2D eigenvalue weighted by atomic mass is 10.1. The Bertz CT molecular complexity index is 1180. The Hall–Kier alpha value is -3.41. The van der Waals surface area contributed by atoms with Crippen LogP contribution in [0.4, 0.5) is 0 Å². The molecule has 0 saturated heterocycles. The van der Waals surface area contributed by atoms with Crippen molar-refractivity contribution >= 4 is 22.5 Å². The molecule has 0 unspecified atom stereocenters. The van der Waals surface area contributed by atoms with Crippen molar-refractivity contribution in [1.29, 1.82) is 0 Å². The van der Waals surface area contributed by atoms with E-state index in [1.807, 2.05) is 42.5 Å². The van der Waals surface area contributed by atoms with Crippen LogP contribution in [0, 0.1) is 0 Å². The number of aromatic nitrogens is 3. The van der Waals surface area contributed by atoms with E-state index in [0.717, 1.165) is 23.9 Å². The number of hydrogen-bond acceptors (Lipinski definition) is 3. The molecule has 0 fully saturated rings. The summed E-state index contributed by atoms with van der Waals surface area (Å²) < 4.78 is 3.13. The Balaban J connectivity index is 1.53. The number of para-hydroxylation sites is 2. The van der Waals surface area contributed by atoms with Crippen molar-refractivity contribution in [3.05, 3.63) is 82.3 Å². The molecule has 6 heteroatoms. The normalized spacial score (nSPS) is 11.1. The van der Waals surface area contributed by atoms with E-state index in [9.17, 15) is 9.59 Å². The molecule has 4 rings (SSSR count). The summed E-state index contributed by atoms with van der Waals surface area (Å²) in [5.74, 6) is -0.266. The number of carbonyl (C=O) groups excluding carboxylic acids is 1. The van der Waals surface area contributed by atoms with E-state index in [1.54, 1.807) is 22.2 Å². The van der Waals surface area contributed by atoms with Gasteiger partial charge in [0.05, 0.1) is 11.0 Å². The molecule has 0 spiro atoms. The average molecular weight is 360 g/mol. The predicted octanol–water partition coefficient (Wildman–Crippen LogP) is 2.55. The van der Waals surface area contributed by atoms with Crippen LogP contribution in [0.3, 0.4) is 0 Å². The number of nitrogens with zero attached hydrogens (tertiary/aromatic N) is 3. The van der Waals surface area contributed by atoms with E-state index in [-0.39, 0.29) is 17.2 Å². The highest BCUT2D eigenvalue weighted by Crippen LogP contribution is 2.14. The van der Waals surface area contributed by atoms with Gasteiger partial charge in [-0.2, -0.15) is 5.10 Å². The Morgan fingerprint density at radius 1 is 1.00 bits per heavy atom. The largest absolute Gasteiger partial charge is 0.351 e. The second kappa shape index (κ2) is 7.07. The van der Waals surface area contributed by atoms with Crippen LogP contribution < -0.4 is 10.9 Å². The van der Waals surface area contributed by atoms with E-state index in [0.29, 0.717) is 12.1 Å². The van der Waals surface area contributed by atoms with E-state index in [2.05, 4.69) is 22.5 Å². The van der Waals surface area contributed by atoms with Crippen LogP contribution in [-0.2, 0) is 13.5 Å². The summed E-state index contributed by atoms with van der Waals surface area (Å²) in [5.41, 5.74) is 3.28. The number of rotatable bonds is 5. The van der Waals surface area contributed by atoms with Gasteiger partial charge < -0.3 is 9.88 Å². The SMILES string of the molecule is Cn1c(=O)c2cc(C(=O)NCCCc3ccccc3)nn2c2ccccc21. The predicted molar refractivity (Wildman–Crippen MR) is 105 cm³/mol. The average Bonchev–Trinajstić information content (AvgIpc) is 3.16. The van der Waals surface area contributed by atoms with Crippen molar-refractivity contribution in [3.8, 4) is 0 Å². The number of fused-ring (bicyclic) bond motifs is 3. The molecule has 0 radical (unpaired) electrons. The van der Waals surface area contributed by atoms with Gasteiger partial charge in [-0.1, -0.05) is 42.5 Å². The van der Waals surface area contributed by atoms with Crippen LogP contribution in [0.2, 0.25) is 0 Å². The highest BCUT2D eigenvalue weighted by Gasteiger charge is 2.15. The van der Waals surface area contributed by atoms with Gasteiger partial charge in [-0.25, -0.2) is 4.52 Å². The van der Waals surface area contributed by atoms with Gasteiger partial charge in [-0.3, -0.25) is 9.59 Å². The fourth-order valence-electron chi connectivity index (χ4n) is 3.27. The molecule has 1 N–H and O–H groups in total. The zero-order valence-electron chi connectivity index (χ0n) is 15.1. The molecule has 0 aliphatic carbocycles. The highest BCUT2D eigenvalue weighted by atomic mass is 16.2. The molecule has 0 aliphatic heterocycles. The third kappa shape index (κ3) is 3.21. The minimum atomic E-state index is -0.266. The maximum atomic E-state index is 12.6. The van der Waals surface area contributed by atoms with E-state index in [1.165, 1.54) is 5.56 Å². The molecular weight excluding hydrogens is 340 g/mol. The second-order valence-corrected chi connectivity index (χ2v) is 6.52. The molecule has 0 bridgehead atoms. The van der Waals surface area contributed by atoms with Crippen molar-refractivity contribution < 1.29 is 4.79 Å². The van der Waals surface area contributed by atoms with Gasteiger partial charge in [0.2, 0.25) is 0 Å². The first-order chi connectivity index (χ1) is 13.1. The summed E-state index contributed by atoms with van der Waals surface area (Å²) in [6.45, 7) is 0.556. The van der Waals surface area contributed by atoms with Crippen LogP contribution in [0.15, 0.2) is 65.5 Å². The minimum absolute atomic E-state index is 0.177. The number of amides is 1. The smallest absolute Gasteiger partial charge is 0.276 e. The van der Waals surface area contributed by atoms with Crippen LogP contribution in [-0.4, -0.2) is 26.6 Å². The molecule has 1 amide bonds. The Morgan fingerprint density at radius 2 is 1.70 bits per heavy atom. The maximum Gasteiger partial charge on any atom is 0.276 e. The lowest BCUT2D eigenvalue weighted by Gasteiger charge is -2.06. The van der Waals surface area contributed by atoms with Gasteiger partial charge in [0.25, 0.3) is 11.5 Å². The van der Waals surface area contributed by atoms with Gasteiger partial charge in [-0.15, -0.1) is 0 Å². The van der Waals surface area contributed by atoms with Crippen molar-refractivity contribution in [2.75, 3.05) is 6.54 Å². The summed E-state index contributed by atoms with van der Waals surface area (Å²) in [7, 11) is 1.72. The molecule has 2 heterocycles. The highest BCUT2D eigenvalue weighted by molar-refractivity contribution is 5.94. The first-order valence-electron chi connectivity index (χ1n) is 8.95. The van der Waals surface area contributed by atoms with E-state index >= 15 is 0 Å². The zero-order chi connectivity index (χ0) is 18.8. The molecule has 2 aromatic heterocycles. The monoisotopic (exact) mass is 360 g/mol. The molecule has 27 heavy (non-hydrogen) atoms. The standard InChI is InChI=1S/C21H20N4O2/c1-24-17-11-5-6-12-18(17)25-19(21(24)27)14-16(23-25)20(26)22-13-7-10-15-8-3-2-4-9-15/h2-6,8-9,11-12,14H,7,10,13H2,1H3,(H,22,26). The second-order valence-electron chi connectivity index (χ2n) is 6.52. The molecular formula is C21H20N4O2. The van der Waals surface area contributed by atoms with Crippen molar-refractivity contribution in [2.24, 2.45) is 7.05 Å². The quantitative estimate of drug-likeness (QED) is 0.556. The van der Waals surface area contributed by atoms with Crippen LogP contribution in [0.5, 0.6) is 0 Å². The summed E-state index contributed by atoms with van der Waals surface area (Å²) in [4.78, 5) is 25.0. The number of hydrogen-bond donors (Lipinski definition) is 1. The van der Waals surface area contributed by atoms with Crippen LogP contribution >= 0.6 is 0 Å². The zero-order valence-corrected chi connectivity index (χ0v) is 15.1. The van der Waals surface area contributed by atoms with Gasteiger partial charge in [0.1, 0.15) is 5.52 Å². The third-order valence-corrected chi connectivity index (χ3v) is 4.71. The fraction of sp³-hybridized carbons (Fsp3) is 0.190. The number of carbonyl (C=O) groups is 1. The van der Waals surface area contributed by atoms with Crippen LogP contribution in [0.25, 0.3) is 16.6 Å². The summed E-state index contributed by atoms with van der Waals surface area (Å²) in [6.07, 6.45) is 1.74. The summed E-state index contributed by atoms with van der Waals surface area (Å²) >= 11 is 0. The maximum absolute atomic E-state index is 12.6. The van der Waals surface area contributed by atoms with Crippen molar-refractivity contribution in [2.45, 2.75) is 12.8 Å². The molecule has 0 saturated carbocycles. The first-order valence-corrected chi connectivity index (χ1v) is 8.95. The number of nitrogens with one attached hydrogen (secondary N) is 1. The molecule has 2 aromatic carbocycles. The van der Waals surface area contributed by atoms with Crippen LogP contribution in [0.1, 0.15) is 22.5 Å². The van der Waals surface area contributed by atoms with Gasteiger partial charge in [-0.05, 0) is 30.5 Å². The molecule has 0 atom stereocenters. The minimum Gasteiger partial charge on any atom is -0.351 e. The van der Waals surface area contributed by atoms with Crippen molar-refractivity contribution in [1.82, 2.24) is 19.5 Å². The summed E-state index contributed by atoms with van der Waals surface area (Å²) in [5, 5.41) is 7.26. The number of aryl methyl sites for hydroxylation is 2. The summed E-state index contributed by atoms with van der Waals surface area (Å²) in [6, 6.07) is 19.2. The Labute approximate surface area is 156 Å². The lowest BCUT2D eigenvalue weighted by Crippen LogP contribution is -2.25. The topological polar surface area (TPSA) is 68.4 Å². The number of benzene rings is 2. The Morgan fingerprint density at radius 3 is 2.48 bits per heavy atom. The Kier molecular flexibility index (Phi) is 4.46.